The van der Waals surface area contributed by atoms with Crippen molar-refractivity contribution in [2.24, 2.45) is 5.92 Å². The number of ether oxygens (including phenoxy) is 2. The molecule has 5 heterocycles. The summed E-state index contributed by atoms with van der Waals surface area (Å²) < 4.78 is 13.9. The van der Waals surface area contributed by atoms with Gasteiger partial charge in [-0.15, -0.1) is 11.3 Å². The summed E-state index contributed by atoms with van der Waals surface area (Å²) in [5.74, 6) is 0.895. The van der Waals surface area contributed by atoms with Crippen LogP contribution >= 0.6 is 11.3 Å². The topological polar surface area (TPSA) is 91.0 Å². The van der Waals surface area contributed by atoms with Crippen LogP contribution in [0.2, 0.25) is 0 Å². The van der Waals surface area contributed by atoms with E-state index in [-0.39, 0.29) is 17.5 Å². The molecule has 0 bridgehead atoms. The van der Waals surface area contributed by atoms with E-state index in [4.69, 9.17) is 9.47 Å². The highest BCUT2D eigenvalue weighted by atomic mass is 32.1. The van der Waals surface area contributed by atoms with Crippen LogP contribution < -0.4 is 10.4 Å². The number of carbonyl (C=O) groups excluding carboxylic acids is 1. The number of carbonyl (C=O) groups is 1. The number of thiophene rings is 1. The smallest absolute Gasteiger partial charge is 0.352 e. The molecule has 0 N–H and O–H groups in total. The van der Waals surface area contributed by atoms with E-state index in [0.717, 1.165) is 52.2 Å². The standard InChI is InChI=1S/C24H25N5O4S/c1-32-17-6-4-15(5-7-17)11-28-23-20(21-25-14-26-29(21)24(28)31)18-3-2-9-27(12-19(18)34-23)22(30)16-8-10-33-13-16/h4-7,14,16H,2-3,8-13H2,1H3/t16-/m1/s1. The Morgan fingerprint density at radius 2 is 2.15 bits per heavy atom. The van der Waals surface area contributed by atoms with Gasteiger partial charge >= 0.3 is 5.69 Å². The van der Waals surface area contributed by atoms with Crippen molar-refractivity contribution in [2.45, 2.75) is 32.4 Å². The average Bonchev–Trinajstić information content (AvgIpc) is 3.59. The third-order valence-corrected chi connectivity index (χ3v) is 8.02. The molecule has 1 amide bonds. The summed E-state index contributed by atoms with van der Waals surface area (Å²) in [6.45, 7) is 2.86. The van der Waals surface area contributed by atoms with Crippen LogP contribution in [-0.4, -0.2) is 56.8 Å². The minimum absolute atomic E-state index is 0.0487. The maximum Gasteiger partial charge on any atom is 0.352 e. The molecule has 0 aliphatic carbocycles. The Labute approximate surface area is 199 Å². The van der Waals surface area contributed by atoms with E-state index in [9.17, 15) is 9.59 Å². The van der Waals surface area contributed by atoms with Gasteiger partial charge in [-0.05, 0) is 42.5 Å². The molecule has 1 fully saturated rings. The molecule has 6 rings (SSSR count). The molecule has 4 aromatic rings. The van der Waals surface area contributed by atoms with E-state index in [1.807, 2.05) is 29.2 Å². The Bertz CT molecular complexity index is 1430. The van der Waals surface area contributed by atoms with Crippen LogP contribution in [-0.2, 0) is 29.0 Å². The van der Waals surface area contributed by atoms with E-state index >= 15 is 0 Å². The molecule has 0 unspecified atom stereocenters. The fourth-order valence-electron chi connectivity index (χ4n) is 4.99. The molecule has 1 atom stereocenters. The Morgan fingerprint density at radius 1 is 1.29 bits per heavy atom. The number of hydrogen-bond donors (Lipinski definition) is 0. The lowest BCUT2D eigenvalue weighted by Gasteiger charge is -2.23. The highest BCUT2D eigenvalue weighted by Crippen LogP contribution is 2.37. The fraction of sp³-hybridized carbons (Fsp3) is 0.417. The lowest BCUT2D eigenvalue weighted by atomic mass is 10.1. The first kappa shape index (κ1) is 21.3. The molecule has 9 nitrogen and oxygen atoms in total. The molecule has 0 spiro atoms. The van der Waals surface area contributed by atoms with Crippen LogP contribution in [0, 0.1) is 5.92 Å². The first-order chi connectivity index (χ1) is 16.6. The molecule has 0 radical (unpaired) electrons. The van der Waals surface area contributed by atoms with Crippen molar-refractivity contribution in [3.05, 3.63) is 57.1 Å². The number of fused-ring (bicyclic) bond motifs is 5. The van der Waals surface area contributed by atoms with E-state index in [0.29, 0.717) is 32.0 Å². The van der Waals surface area contributed by atoms with Gasteiger partial charge in [-0.25, -0.2) is 9.78 Å². The van der Waals surface area contributed by atoms with Crippen LogP contribution in [0.15, 0.2) is 35.4 Å². The number of aryl methyl sites for hydroxylation is 1. The molecule has 2 aliphatic rings. The molecule has 0 saturated carbocycles. The van der Waals surface area contributed by atoms with E-state index in [1.165, 1.54) is 16.4 Å². The van der Waals surface area contributed by atoms with Crippen molar-refractivity contribution in [2.75, 3.05) is 26.9 Å². The van der Waals surface area contributed by atoms with Gasteiger partial charge < -0.3 is 14.4 Å². The molecule has 3 aromatic heterocycles. The zero-order valence-corrected chi connectivity index (χ0v) is 19.7. The van der Waals surface area contributed by atoms with Crippen molar-refractivity contribution < 1.29 is 14.3 Å². The number of aromatic nitrogens is 4. The predicted octanol–water partition coefficient (Wildman–Crippen LogP) is 2.47. The normalized spacial score (nSPS) is 18.4. The summed E-state index contributed by atoms with van der Waals surface area (Å²) in [4.78, 5) is 34.9. The Hall–Kier alpha value is -3.24. The highest BCUT2D eigenvalue weighted by molar-refractivity contribution is 7.19. The monoisotopic (exact) mass is 479 g/mol. The maximum absolute atomic E-state index is 13.4. The van der Waals surface area contributed by atoms with Gasteiger partial charge in [0.25, 0.3) is 0 Å². The molecular weight excluding hydrogens is 454 g/mol. The van der Waals surface area contributed by atoms with Crippen molar-refractivity contribution >= 4 is 33.1 Å². The highest BCUT2D eigenvalue weighted by Gasteiger charge is 2.31. The van der Waals surface area contributed by atoms with Gasteiger partial charge in [-0.1, -0.05) is 12.1 Å². The third-order valence-electron chi connectivity index (χ3n) is 6.78. The zero-order chi connectivity index (χ0) is 23.2. The van der Waals surface area contributed by atoms with Crippen molar-refractivity contribution in [1.29, 1.82) is 0 Å². The summed E-state index contributed by atoms with van der Waals surface area (Å²) in [5, 5.41) is 5.20. The number of amides is 1. The van der Waals surface area contributed by atoms with E-state index in [1.54, 1.807) is 23.0 Å². The molecule has 1 saturated heterocycles. The van der Waals surface area contributed by atoms with Crippen LogP contribution in [0.3, 0.4) is 0 Å². The van der Waals surface area contributed by atoms with E-state index in [2.05, 4.69) is 10.1 Å². The largest absolute Gasteiger partial charge is 0.497 e. The first-order valence-electron chi connectivity index (χ1n) is 11.5. The first-order valence-corrected chi connectivity index (χ1v) is 12.3. The van der Waals surface area contributed by atoms with E-state index < -0.39 is 0 Å². The molecular formula is C24H25N5O4S. The van der Waals surface area contributed by atoms with Gasteiger partial charge in [-0.2, -0.15) is 9.61 Å². The zero-order valence-electron chi connectivity index (χ0n) is 18.9. The SMILES string of the molecule is COc1ccc(Cn2c(=O)n3ncnc3c3c4c(sc32)CN(C(=O)[C@@H]2CCOC2)CCC4)cc1. The van der Waals surface area contributed by atoms with Crippen LogP contribution in [0.4, 0.5) is 0 Å². The number of nitrogens with zero attached hydrogens (tertiary/aromatic N) is 5. The number of hydrogen-bond acceptors (Lipinski definition) is 7. The van der Waals surface area contributed by atoms with Crippen molar-refractivity contribution in [1.82, 2.24) is 24.1 Å². The Balaban J connectivity index is 1.45. The number of rotatable bonds is 4. The van der Waals surface area contributed by atoms with Gasteiger partial charge in [-0.3, -0.25) is 9.36 Å². The van der Waals surface area contributed by atoms with Crippen LogP contribution in [0.25, 0.3) is 15.9 Å². The minimum atomic E-state index is -0.219. The van der Waals surface area contributed by atoms with Crippen molar-refractivity contribution in [3.63, 3.8) is 0 Å². The molecule has 2 aliphatic heterocycles. The Kier molecular flexibility index (Phi) is 5.34. The van der Waals surface area contributed by atoms with Gasteiger partial charge in [0.05, 0.1) is 38.1 Å². The molecule has 34 heavy (non-hydrogen) atoms. The number of benzene rings is 1. The van der Waals surface area contributed by atoms with Crippen molar-refractivity contribution in [3.8, 4) is 5.75 Å². The van der Waals surface area contributed by atoms with Crippen LogP contribution in [0.1, 0.15) is 28.8 Å². The lowest BCUT2D eigenvalue weighted by Crippen LogP contribution is -2.36. The lowest BCUT2D eigenvalue weighted by molar-refractivity contribution is -0.136. The second-order valence-electron chi connectivity index (χ2n) is 8.82. The van der Waals surface area contributed by atoms with Gasteiger partial charge in [0.2, 0.25) is 5.91 Å². The summed E-state index contributed by atoms with van der Waals surface area (Å²) in [7, 11) is 1.63. The number of methoxy groups -OCH3 is 1. The summed E-state index contributed by atoms with van der Waals surface area (Å²) in [6, 6.07) is 7.72. The third kappa shape index (κ3) is 3.48. The Morgan fingerprint density at radius 3 is 2.91 bits per heavy atom. The average molecular weight is 480 g/mol. The molecule has 10 heteroatoms. The van der Waals surface area contributed by atoms with Gasteiger partial charge in [0.1, 0.15) is 16.9 Å². The second kappa shape index (κ2) is 8.52. The quantitative estimate of drug-likeness (QED) is 0.447. The van der Waals surface area contributed by atoms with Crippen LogP contribution in [0.5, 0.6) is 5.75 Å². The van der Waals surface area contributed by atoms with Gasteiger partial charge in [0, 0.05) is 18.0 Å². The fourth-order valence-corrected chi connectivity index (χ4v) is 6.34. The summed E-state index contributed by atoms with van der Waals surface area (Å²) >= 11 is 1.59. The molecule has 176 valence electrons. The molecule has 1 aromatic carbocycles. The summed E-state index contributed by atoms with van der Waals surface area (Å²) in [5.41, 5.74) is 2.54. The predicted molar refractivity (Wildman–Crippen MR) is 127 cm³/mol. The maximum atomic E-state index is 13.4. The van der Waals surface area contributed by atoms with Gasteiger partial charge in [0.15, 0.2) is 5.65 Å². The second-order valence-corrected chi connectivity index (χ2v) is 9.90. The minimum Gasteiger partial charge on any atom is -0.497 e. The summed E-state index contributed by atoms with van der Waals surface area (Å²) in [6.07, 6.45) is 3.93.